The van der Waals surface area contributed by atoms with Crippen molar-refractivity contribution >= 4 is 11.8 Å². The predicted octanol–water partition coefficient (Wildman–Crippen LogP) is 8.28. The molecule has 0 saturated carbocycles. The van der Waals surface area contributed by atoms with Crippen molar-refractivity contribution in [1.29, 1.82) is 0 Å². The summed E-state index contributed by atoms with van der Waals surface area (Å²) in [5, 5.41) is 9.28. The molecule has 0 radical (unpaired) electrons. The van der Waals surface area contributed by atoms with Crippen molar-refractivity contribution in [2.75, 3.05) is 11.4 Å². The Labute approximate surface area is 244 Å². The molecule has 0 unspecified atom stereocenters. The molecule has 0 spiro atoms. The molecule has 3 aromatic carbocycles. The molecular weight excluding hydrogens is 574 g/mol. The first-order valence-electron chi connectivity index (χ1n) is 13.2. The molecule has 0 bridgehead atoms. The Kier molecular flexibility index (Phi) is 9.03. The van der Waals surface area contributed by atoms with Gasteiger partial charge in [0.25, 0.3) is 0 Å². The molecule has 1 N–H and O–H groups in total. The normalized spacial score (nSPS) is 12.2. The summed E-state index contributed by atoms with van der Waals surface area (Å²) in [4.78, 5) is 17.7. The van der Waals surface area contributed by atoms with Crippen LogP contribution in [0.2, 0.25) is 0 Å². The highest BCUT2D eigenvalue weighted by Crippen LogP contribution is 2.32. The van der Waals surface area contributed by atoms with E-state index in [4.69, 9.17) is 4.74 Å². The van der Waals surface area contributed by atoms with Gasteiger partial charge in [0.15, 0.2) is 5.60 Å². The van der Waals surface area contributed by atoms with E-state index in [9.17, 15) is 36.2 Å². The number of anilines is 1. The summed E-state index contributed by atoms with van der Waals surface area (Å²) in [5.74, 6) is -0.190. The molecule has 0 atom stereocenters. The SMILES string of the molecule is CC(C)(Oc1ccc(CCN(Cc2ccc(C(F)(F)F)cc2)c2ccc(-c3ccc(C(F)(F)F)cc3)cn2)cc1)C(=O)O. The van der Waals surface area contributed by atoms with Crippen LogP contribution in [0.3, 0.4) is 0 Å². The van der Waals surface area contributed by atoms with Gasteiger partial charge in [-0.3, -0.25) is 0 Å². The third kappa shape index (κ3) is 8.27. The Hall–Kier alpha value is -4.54. The summed E-state index contributed by atoms with van der Waals surface area (Å²) in [7, 11) is 0. The van der Waals surface area contributed by atoms with Gasteiger partial charge in [0.1, 0.15) is 11.6 Å². The molecular formula is C32H28F6N2O3. The van der Waals surface area contributed by atoms with Crippen LogP contribution in [0, 0.1) is 0 Å². The number of hydrogen-bond acceptors (Lipinski definition) is 4. The van der Waals surface area contributed by atoms with Crippen molar-refractivity contribution in [3.8, 4) is 16.9 Å². The standard InChI is InChI=1S/C32H28F6N2O3/c1-30(2,29(41)42)43-27-14-5-21(6-15-27)17-18-40(20-22-3-10-25(11-4-22)31(33,34)35)28-16-9-24(19-39-28)23-7-12-26(13-8-23)32(36,37)38/h3-16,19H,17-18,20H2,1-2H3,(H,41,42). The minimum Gasteiger partial charge on any atom is -0.478 e. The van der Waals surface area contributed by atoms with Gasteiger partial charge in [-0.25, -0.2) is 9.78 Å². The fourth-order valence-electron chi connectivity index (χ4n) is 4.22. The Morgan fingerprint density at radius 3 is 1.74 bits per heavy atom. The number of aromatic nitrogens is 1. The number of nitrogens with zero attached hydrogens (tertiary/aromatic N) is 2. The van der Waals surface area contributed by atoms with Gasteiger partial charge in [-0.1, -0.05) is 36.4 Å². The monoisotopic (exact) mass is 602 g/mol. The van der Waals surface area contributed by atoms with Gasteiger partial charge in [0.2, 0.25) is 0 Å². The topological polar surface area (TPSA) is 62.7 Å². The van der Waals surface area contributed by atoms with Gasteiger partial charge in [0, 0.05) is 24.8 Å². The van der Waals surface area contributed by atoms with Gasteiger partial charge in [-0.15, -0.1) is 0 Å². The number of alkyl halides is 6. The number of hydrogen-bond donors (Lipinski definition) is 1. The fraction of sp³-hybridized carbons (Fsp3) is 0.250. The quantitative estimate of drug-likeness (QED) is 0.185. The second-order valence-corrected chi connectivity index (χ2v) is 10.4. The molecule has 11 heteroatoms. The highest BCUT2D eigenvalue weighted by atomic mass is 19.4. The van der Waals surface area contributed by atoms with Crippen LogP contribution in [0.1, 0.15) is 36.1 Å². The third-order valence-electron chi connectivity index (χ3n) is 6.75. The number of carbonyl (C=O) groups is 1. The lowest BCUT2D eigenvalue weighted by molar-refractivity contribution is -0.152. The molecule has 5 nitrogen and oxygen atoms in total. The summed E-state index contributed by atoms with van der Waals surface area (Å²) in [6.45, 7) is 3.56. The summed E-state index contributed by atoms with van der Waals surface area (Å²) < 4.78 is 83.5. The van der Waals surface area contributed by atoms with Crippen LogP contribution in [0.25, 0.3) is 11.1 Å². The molecule has 1 aromatic heterocycles. The molecule has 0 fully saturated rings. The highest BCUT2D eigenvalue weighted by molar-refractivity contribution is 5.76. The Bertz CT molecular complexity index is 1510. The van der Waals surface area contributed by atoms with E-state index >= 15 is 0 Å². The van der Waals surface area contributed by atoms with E-state index in [0.29, 0.717) is 41.2 Å². The van der Waals surface area contributed by atoms with Crippen LogP contribution in [0.15, 0.2) is 91.1 Å². The molecule has 0 amide bonds. The van der Waals surface area contributed by atoms with Crippen LogP contribution in [-0.4, -0.2) is 28.2 Å². The first-order chi connectivity index (χ1) is 20.1. The van der Waals surface area contributed by atoms with Gasteiger partial charge in [-0.05, 0) is 85.5 Å². The zero-order chi connectivity index (χ0) is 31.4. The van der Waals surface area contributed by atoms with Gasteiger partial charge < -0.3 is 14.7 Å². The number of halogens is 6. The lowest BCUT2D eigenvalue weighted by Crippen LogP contribution is -2.37. The van der Waals surface area contributed by atoms with E-state index in [-0.39, 0.29) is 6.54 Å². The maximum atomic E-state index is 13.1. The van der Waals surface area contributed by atoms with Crippen molar-refractivity contribution < 1.29 is 41.0 Å². The number of carboxylic acid groups (broad SMARTS) is 1. The van der Waals surface area contributed by atoms with Crippen molar-refractivity contribution in [3.05, 3.63) is 113 Å². The van der Waals surface area contributed by atoms with Crippen LogP contribution in [0.5, 0.6) is 5.75 Å². The van der Waals surface area contributed by atoms with Crippen molar-refractivity contribution in [2.24, 2.45) is 0 Å². The molecule has 0 aliphatic heterocycles. The first kappa shape index (κ1) is 31.4. The van der Waals surface area contributed by atoms with E-state index in [0.717, 1.165) is 29.8 Å². The van der Waals surface area contributed by atoms with Crippen molar-refractivity contribution in [1.82, 2.24) is 4.98 Å². The zero-order valence-electron chi connectivity index (χ0n) is 23.2. The minimum absolute atomic E-state index is 0.249. The maximum Gasteiger partial charge on any atom is 0.416 e. The number of rotatable bonds is 10. The fourth-order valence-corrected chi connectivity index (χ4v) is 4.22. The maximum absolute atomic E-state index is 13.1. The smallest absolute Gasteiger partial charge is 0.416 e. The number of ether oxygens (including phenoxy) is 1. The molecule has 4 rings (SSSR count). The van der Waals surface area contributed by atoms with E-state index in [1.807, 2.05) is 4.90 Å². The van der Waals surface area contributed by atoms with Crippen molar-refractivity contribution in [3.63, 3.8) is 0 Å². The van der Waals surface area contributed by atoms with Gasteiger partial charge in [-0.2, -0.15) is 26.3 Å². The third-order valence-corrected chi connectivity index (χ3v) is 6.75. The summed E-state index contributed by atoms with van der Waals surface area (Å²) in [6, 6.07) is 19.9. The number of benzene rings is 3. The Balaban J connectivity index is 1.53. The Morgan fingerprint density at radius 1 is 0.744 bits per heavy atom. The molecule has 0 aliphatic carbocycles. The van der Waals surface area contributed by atoms with E-state index in [2.05, 4.69) is 4.98 Å². The van der Waals surface area contributed by atoms with E-state index in [1.165, 1.54) is 44.3 Å². The molecule has 226 valence electrons. The second-order valence-electron chi connectivity index (χ2n) is 10.4. The van der Waals surface area contributed by atoms with Gasteiger partial charge in [0.05, 0.1) is 11.1 Å². The average Bonchev–Trinajstić information content (AvgIpc) is 2.95. The van der Waals surface area contributed by atoms with Crippen LogP contribution >= 0.6 is 0 Å². The molecule has 4 aromatic rings. The number of carboxylic acids is 1. The van der Waals surface area contributed by atoms with Gasteiger partial charge >= 0.3 is 18.3 Å². The molecule has 1 heterocycles. The number of aliphatic carboxylic acids is 1. The second kappa shape index (κ2) is 12.4. The average molecular weight is 603 g/mol. The molecule has 0 saturated heterocycles. The van der Waals surface area contributed by atoms with E-state index < -0.39 is 35.0 Å². The summed E-state index contributed by atoms with van der Waals surface area (Å²) in [6.07, 6.45) is -6.84. The lowest BCUT2D eigenvalue weighted by Gasteiger charge is -2.25. The summed E-state index contributed by atoms with van der Waals surface area (Å²) >= 11 is 0. The van der Waals surface area contributed by atoms with Crippen molar-refractivity contribution in [2.45, 2.75) is 44.8 Å². The molecule has 43 heavy (non-hydrogen) atoms. The van der Waals surface area contributed by atoms with Crippen LogP contribution < -0.4 is 9.64 Å². The minimum atomic E-state index is -4.45. The lowest BCUT2D eigenvalue weighted by atomic mass is 10.1. The van der Waals surface area contributed by atoms with Crippen LogP contribution in [0.4, 0.5) is 32.2 Å². The number of pyridine rings is 1. The highest BCUT2D eigenvalue weighted by Gasteiger charge is 2.31. The Morgan fingerprint density at radius 2 is 1.26 bits per heavy atom. The largest absolute Gasteiger partial charge is 0.478 e. The summed E-state index contributed by atoms with van der Waals surface area (Å²) in [5.41, 5.74) is -0.232. The predicted molar refractivity (Wildman–Crippen MR) is 150 cm³/mol. The van der Waals surface area contributed by atoms with Crippen LogP contribution in [-0.2, 0) is 30.1 Å². The first-order valence-corrected chi connectivity index (χ1v) is 13.2. The van der Waals surface area contributed by atoms with E-state index in [1.54, 1.807) is 36.4 Å². The zero-order valence-corrected chi connectivity index (χ0v) is 23.2. The molecule has 0 aliphatic rings.